The number of aromatic nitrogens is 1. The molecule has 4 rings (SSSR count). The molecule has 0 radical (unpaired) electrons. The van der Waals surface area contributed by atoms with Crippen LogP contribution in [0.3, 0.4) is 0 Å². The van der Waals surface area contributed by atoms with Crippen LogP contribution >= 0.6 is 0 Å². The largest absolute Gasteiger partial charge is 0.361 e. The maximum atomic E-state index is 13.6. The van der Waals surface area contributed by atoms with Crippen LogP contribution in [-0.2, 0) is 16.0 Å². The number of rotatable bonds is 7. The monoisotopic (exact) mass is 452 g/mol. The molecule has 0 bridgehead atoms. The fraction of sp³-hybridized carbons (Fsp3) is 0.280. The fourth-order valence-electron chi connectivity index (χ4n) is 4.16. The molecule has 0 spiro atoms. The molecule has 0 aliphatic carbocycles. The number of hydrogen-bond acceptors (Lipinski definition) is 3. The first kappa shape index (κ1) is 22.7. The van der Waals surface area contributed by atoms with E-state index in [0.717, 1.165) is 16.5 Å². The van der Waals surface area contributed by atoms with Gasteiger partial charge in [-0.25, -0.2) is 8.78 Å². The average molecular weight is 453 g/mol. The normalized spacial score (nSPS) is 15.6. The molecule has 3 aromatic rings. The Balaban J connectivity index is 1.39. The number of amides is 2. The van der Waals surface area contributed by atoms with Gasteiger partial charge in [0.15, 0.2) is 0 Å². The number of carbonyl (C=O) groups is 2. The predicted octanol–water partition coefficient (Wildman–Crippen LogP) is 3.06. The summed E-state index contributed by atoms with van der Waals surface area (Å²) in [5.74, 6) is -1.36. The second-order valence-electron chi connectivity index (χ2n) is 8.22. The Morgan fingerprint density at radius 2 is 1.85 bits per heavy atom. The number of benzene rings is 2. The van der Waals surface area contributed by atoms with Crippen molar-refractivity contribution in [3.05, 3.63) is 77.5 Å². The van der Waals surface area contributed by atoms with Crippen molar-refractivity contribution in [2.45, 2.75) is 24.8 Å². The van der Waals surface area contributed by atoms with E-state index in [1.165, 1.54) is 36.4 Å². The van der Waals surface area contributed by atoms with Gasteiger partial charge in [0.05, 0.1) is 0 Å². The van der Waals surface area contributed by atoms with Crippen LogP contribution in [0.1, 0.15) is 24.0 Å². The van der Waals surface area contributed by atoms with Crippen LogP contribution in [0.25, 0.3) is 17.0 Å². The first-order valence-corrected chi connectivity index (χ1v) is 11.0. The van der Waals surface area contributed by atoms with Crippen molar-refractivity contribution in [1.82, 2.24) is 20.9 Å². The van der Waals surface area contributed by atoms with Gasteiger partial charge >= 0.3 is 0 Å². The molecule has 2 heterocycles. The first-order valence-electron chi connectivity index (χ1n) is 11.0. The number of hydrogen-bond donors (Lipinski definition) is 4. The minimum Gasteiger partial charge on any atom is -0.361 e. The molecule has 6 nitrogen and oxygen atoms in total. The van der Waals surface area contributed by atoms with Crippen LogP contribution in [0.2, 0.25) is 0 Å². The number of aromatic amines is 1. The minimum atomic E-state index is -1.03. The summed E-state index contributed by atoms with van der Waals surface area (Å²) in [4.78, 5) is 28.8. The van der Waals surface area contributed by atoms with E-state index in [4.69, 9.17) is 0 Å². The Bertz CT molecular complexity index is 1180. The summed E-state index contributed by atoms with van der Waals surface area (Å²) in [7, 11) is 0. The second-order valence-corrected chi connectivity index (χ2v) is 8.22. The summed E-state index contributed by atoms with van der Waals surface area (Å²) in [6, 6.07) is 10.5. The summed E-state index contributed by atoms with van der Waals surface area (Å²) in [5, 5.41) is 9.80. The quantitative estimate of drug-likeness (QED) is 0.416. The highest BCUT2D eigenvalue weighted by molar-refractivity contribution is 5.97. The van der Waals surface area contributed by atoms with Gasteiger partial charge in [-0.15, -0.1) is 0 Å². The lowest BCUT2D eigenvalue weighted by Crippen LogP contribution is -2.62. The molecule has 0 atom stereocenters. The van der Waals surface area contributed by atoms with E-state index < -0.39 is 11.4 Å². The van der Waals surface area contributed by atoms with Crippen LogP contribution in [0, 0.1) is 11.6 Å². The van der Waals surface area contributed by atoms with E-state index in [2.05, 4.69) is 20.9 Å². The van der Waals surface area contributed by atoms with Gasteiger partial charge in [0.2, 0.25) is 11.8 Å². The van der Waals surface area contributed by atoms with Gasteiger partial charge in [-0.2, -0.15) is 0 Å². The molecule has 0 unspecified atom stereocenters. The van der Waals surface area contributed by atoms with Crippen LogP contribution < -0.4 is 16.0 Å². The van der Waals surface area contributed by atoms with Gasteiger partial charge < -0.3 is 20.9 Å². The lowest BCUT2D eigenvalue weighted by molar-refractivity contribution is -0.133. The lowest BCUT2D eigenvalue weighted by Gasteiger charge is -2.36. The third-order valence-electron chi connectivity index (χ3n) is 5.94. The van der Waals surface area contributed by atoms with Crippen molar-refractivity contribution in [1.29, 1.82) is 0 Å². The van der Waals surface area contributed by atoms with Gasteiger partial charge in [0.25, 0.3) is 0 Å². The summed E-state index contributed by atoms with van der Waals surface area (Å²) in [5.41, 5.74) is 1.28. The molecule has 33 heavy (non-hydrogen) atoms. The van der Waals surface area contributed by atoms with Crippen LogP contribution in [0.15, 0.2) is 54.7 Å². The smallest absolute Gasteiger partial charge is 0.245 e. The molecule has 1 aliphatic rings. The highest BCUT2D eigenvalue weighted by Gasteiger charge is 2.40. The third kappa shape index (κ3) is 5.46. The van der Waals surface area contributed by atoms with E-state index in [1.54, 1.807) is 18.2 Å². The zero-order valence-electron chi connectivity index (χ0n) is 18.1. The van der Waals surface area contributed by atoms with Crippen molar-refractivity contribution < 1.29 is 18.4 Å². The summed E-state index contributed by atoms with van der Waals surface area (Å²) >= 11 is 0. The maximum absolute atomic E-state index is 13.6. The molecule has 1 aliphatic heterocycles. The molecule has 1 fully saturated rings. The average Bonchev–Trinajstić information content (AvgIpc) is 3.20. The number of fused-ring (bicyclic) bond motifs is 1. The van der Waals surface area contributed by atoms with Gasteiger partial charge in [-0.05, 0) is 79.9 Å². The molecule has 172 valence electrons. The van der Waals surface area contributed by atoms with Crippen molar-refractivity contribution in [2.75, 3.05) is 19.6 Å². The summed E-state index contributed by atoms with van der Waals surface area (Å²) in [6.07, 6.45) is 6.08. The van der Waals surface area contributed by atoms with Gasteiger partial charge in [-0.1, -0.05) is 12.1 Å². The summed E-state index contributed by atoms with van der Waals surface area (Å²) < 4.78 is 26.9. The predicted molar refractivity (Wildman–Crippen MR) is 123 cm³/mol. The molecule has 8 heteroatoms. The number of nitrogens with one attached hydrogen (secondary N) is 4. The van der Waals surface area contributed by atoms with E-state index in [9.17, 15) is 18.4 Å². The molecule has 2 amide bonds. The van der Waals surface area contributed by atoms with Crippen molar-refractivity contribution in [3.63, 3.8) is 0 Å². The van der Waals surface area contributed by atoms with Gasteiger partial charge in [0.1, 0.15) is 17.2 Å². The molecule has 4 N–H and O–H groups in total. The fourth-order valence-corrected chi connectivity index (χ4v) is 4.16. The van der Waals surface area contributed by atoms with Crippen molar-refractivity contribution >= 4 is 28.8 Å². The third-order valence-corrected chi connectivity index (χ3v) is 5.94. The van der Waals surface area contributed by atoms with Crippen LogP contribution in [0.5, 0.6) is 0 Å². The molecular formula is C25H26F2N4O2. The maximum Gasteiger partial charge on any atom is 0.245 e. The minimum absolute atomic E-state index is 0.248. The second kappa shape index (κ2) is 9.95. The van der Waals surface area contributed by atoms with Gasteiger partial charge in [-0.3, -0.25) is 9.59 Å². The van der Waals surface area contributed by atoms with Gasteiger partial charge in [0, 0.05) is 29.7 Å². The van der Waals surface area contributed by atoms with Crippen LogP contribution in [-0.4, -0.2) is 42.0 Å². The van der Waals surface area contributed by atoms with E-state index in [0.29, 0.717) is 44.5 Å². The first-order chi connectivity index (χ1) is 15.9. The number of piperidine rings is 1. The Morgan fingerprint density at radius 3 is 2.64 bits per heavy atom. The Morgan fingerprint density at radius 1 is 1.06 bits per heavy atom. The number of halogens is 2. The Hall–Kier alpha value is -3.52. The topological polar surface area (TPSA) is 86.0 Å². The highest BCUT2D eigenvalue weighted by Crippen LogP contribution is 2.21. The Kier molecular flexibility index (Phi) is 6.84. The zero-order chi connectivity index (χ0) is 23.3. The molecule has 1 aromatic heterocycles. The standard InChI is InChI=1S/C25H26F2N4O2/c26-19-3-1-2-17(14-19)4-7-23(32)31-25(9-12-28-13-10-25)24(33)29-11-8-18-16-30-22-6-5-20(27)15-21(18)22/h1-7,14-16,28,30H,8-13H2,(H,29,33)(H,31,32)/b7-4+. The van der Waals surface area contributed by atoms with Crippen LogP contribution in [0.4, 0.5) is 8.78 Å². The number of carbonyl (C=O) groups excluding carboxylic acids is 2. The Labute approximate surface area is 190 Å². The highest BCUT2D eigenvalue weighted by atomic mass is 19.1. The summed E-state index contributed by atoms with van der Waals surface area (Å²) in [6.45, 7) is 1.55. The molecule has 2 aromatic carbocycles. The van der Waals surface area contributed by atoms with E-state index >= 15 is 0 Å². The SMILES string of the molecule is O=C(/C=C/c1cccc(F)c1)NC1(C(=O)NCCc2c[nH]c3ccc(F)cc23)CCNCC1. The van der Waals surface area contributed by atoms with Crippen molar-refractivity contribution in [2.24, 2.45) is 0 Å². The van der Waals surface area contributed by atoms with E-state index in [1.807, 2.05) is 6.20 Å². The molecular weight excluding hydrogens is 426 g/mol. The molecule has 1 saturated heterocycles. The molecule has 0 saturated carbocycles. The number of H-pyrrole nitrogens is 1. The zero-order valence-corrected chi connectivity index (χ0v) is 18.1. The van der Waals surface area contributed by atoms with Crippen molar-refractivity contribution in [3.8, 4) is 0 Å². The lowest BCUT2D eigenvalue weighted by atomic mass is 9.87. The van der Waals surface area contributed by atoms with E-state index in [-0.39, 0.29) is 17.5 Å².